The highest BCUT2D eigenvalue weighted by molar-refractivity contribution is 5.99. The molecule has 2 rings (SSSR count). The second kappa shape index (κ2) is 3.92. The summed E-state index contributed by atoms with van der Waals surface area (Å²) in [4.78, 5) is 22.2. The van der Waals surface area contributed by atoms with Gasteiger partial charge in [-0.3, -0.25) is 9.59 Å². The second-order valence-electron chi connectivity index (χ2n) is 3.72. The molecular weight excluding hydrogens is 213 g/mol. The van der Waals surface area contributed by atoms with Gasteiger partial charge in [-0.25, -0.2) is 4.39 Å². The lowest BCUT2D eigenvalue weighted by Gasteiger charge is -2.12. The number of amides is 1. The number of hydrogen-bond acceptors (Lipinski definition) is 2. The first-order valence-corrected chi connectivity index (χ1v) is 4.85. The monoisotopic (exact) mass is 223 g/mol. The highest BCUT2D eigenvalue weighted by Crippen LogP contribution is 2.29. The molecule has 1 aliphatic heterocycles. The number of carbonyl (C=O) groups excluding carboxylic acids is 1. The fraction of sp³-hybridized carbons (Fsp3) is 0.273. The highest BCUT2D eigenvalue weighted by atomic mass is 19.1. The van der Waals surface area contributed by atoms with Crippen LogP contribution in [-0.2, 0) is 9.59 Å². The van der Waals surface area contributed by atoms with E-state index in [2.05, 4.69) is 5.32 Å². The molecule has 0 aliphatic carbocycles. The standard InChI is InChI=1S/C11H10FNO3/c12-7-3-1-2-6(4-7)8-5-13-10(14)9(8)11(15)16/h1-4,8-9H,5H2,(H,13,14)(H,15,16)/t8-,9-/m1/s1. The molecule has 1 amide bonds. The molecule has 1 fully saturated rings. The number of nitrogens with one attached hydrogen (secondary N) is 1. The fourth-order valence-corrected chi connectivity index (χ4v) is 1.95. The van der Waals surface area contributed by atoms with E-state index in [1.807, 2.05) is 0 Å². The molecule has 1 saturated heterocycles. The zero-order chi connectivity index (χ0) is 11.7. The summed E-state index contributed by atoms with van der Waals surface area (Å²) in [5.74, 6) is -3.74. The summed E-state index contributed by atoms with van der Waals surface area (Å²) in [5.41, 5.74) is 0.533. The number of rotatable bonds is 2. The van der Waals surface area contributed by atoms with Crippen molar-refractivity contribution in [3.05, 3.63) is 35.6 Å². The Bertz CT molecular complexity index is 447. The van der Waals surface area contributed by atoms with Crippen molar-refractivity contribution in [1.82, 2.24) is 5.32 Å². The van der Waals surface area contributed by atoms with E-state index in [0.29, 0.717) is 5.56 Å². The molecule has 0 saturated carbocycles. The predicted molar refractivity (Wildman–Crippen MR) is 53.3 cm³/mol. The van der Waals surface area contributed by atoms with Gasteiger partial charge in [-0.2, -0.15) is 0 Å². The maximum atomic E-state index is 13.0. The number of benzene rings is 1. The van der Waals surface area contributed by atoms with E-state index in [1.165, 1.54) is 18.2 Å². The van der Waals surface area contributed by atoms with Crippen LogP contribution in [0.2, 0.25) is 0 Å². The van der Waals surface area contributed by atoms with Crippen molar-refractivity contribution in [3.63, 3.8) is 0 Å². The zero-order valence-corrected chi connectivity index (χ0v) is 8.31. The van der Waals surface area contributed by atoms with Crippen LogP contribution in [0.1, 0.15) is 11.5 Å². The van der Waals surface area contributed by atoms with Crippen molar-refractivity contribution in [2.45, 2.75) is 5.92 Å². The lowest BCUT2D eigenvalue weighted by Crippen LogP contribution is -2.26. The van der Waals surface area contributed by atoms with Gasteiger partial charge in [0.1, 0.15) is 11.7 Å². The number of carboxylic acids is 1. The maximum Gasteiger partial charge on any atom is 0.316 e. The second-order valence-corrected chi connectivity index (χ2v) is 3.72. The molecule has 0 spiro atoms. The molecular formula is C11H10FNO3. The minimum atomic E-state index is -1.18. The molecule has 0 aromatic heterocycles. The predicted octanol–water partition coefficient (Wildman–Crippen LogP) is 0.740. The van der Waals surface area contributed by atoms with E-state index >= 15 is 0 Å². The van der Waals surface area contributed by atoms with Crippen molar-refractivity contribution in [2.75, 3.05) is 6.54 Å². The third-order valence-corrected chi connectivity index (χ3v) is 2.72. The lowest BCUT2D eigenvalue weighted by atomic mass is 9.88. The van der Waals surface area contributed by atoms with Crippen molar-refractivity contribution >= 4 is 11.9 Å². The van der Waals surface area contributed by atoms with E-state index in [1.54, 1.807) is 6.07 Å². The largest absolute Gasteiger partial charge is 0.481 e. The van der Waals surface area contributed by atoms with Gasteiger partial charge in [0.2, 0.25) is 5.91 Å². The minimum absolute atomic E-state index is 0.235. The molecule has 0 unspecified atom stereocenters. The average molecular weight is 223 g/mol. The van der Waals surface area contributed by atoms with Gasteiger partial charge in [0.05, 0.1) is 0 Å². The van der Waals surface area contributed by atoms with Crippen LogP contribution in [0.5, 0.6) is 0 Å². The third-order valence-electron chi connectivity index (χ3n) is 2.72. The summed E-state index contributed by atoms with van der Waals surface area (Å²) in [6.07, 6.45) is 0. The Morgan fingerprint density at radius 2 is 2.25 bits per heavy atom. The summed E-state index contributed by atoms with van der Waals surface area (Å²) < 4.78 is 13.0. The highest BCUT2D eigenvalue weighted by Gasteiger charge is 2.41. The Labute approximate surface area is 91.1 Å². The molecule has 1 aromatic rings. The summed E-state index contributed by atoms with van der Waals surface area (Å²) in [7, 11) is 0. The van der Waals surface area contributed by atoms with Crippen LogP contribution in [-0.4, -0.2) is 23.5 Å². The number of carboxylic acid groups (broad SMARTS) is 1. The van der Waals surface area contributed by atoms with Crippen LogP contribution in [0.25, 0.3) is 0 Å². The molecule has 84 valence electrons. The Balaban J connectivity index is 2.34. The van der Waals surface area contributed by atoms with Gasteiger partial charge in [-0.05, 0) is 17.7 Å². The van der Waals surface area contributed by atoms with Gasteiger partial charge in [0, 0.05) is 12.5 Å². The molecule has 4 nitrogen and oxygen atoms in total. The average Bonchev–Trinajstić information content (AvgIpc) is 2.60. The fourth-order valence-electron chi connectivity index (χ4n) is 1.95. The van der Waals surface area contributed by atoms with Crippen LogP contribution in [0.4, 0.5) is 4.39 Å². The number of halogens is 1. The number of hydrogen-bond donors (Lipinski definition) is 2. The molecule has 0 radical (unpaired) electrons. The first kappa shape index (κ1) is 10.6. The Morgan fingerprint density at radius 3 is 2.88 bits per heavy atom. The molecule has 2 N–H and O–H groups in total. The summed E-state index contributed by atoms with van der Waals surface area (Å²) in [6, 6.07) is 5.68. The van der Waals surface area contributed by atoms with Crippen molar-refractivity contribution in [2.24, 2.45) is 5.92 Å². The molecule has 5 heteroatoms. The third kappa shape index (κ3) is 1.76. The lowest BCUT2D eigenvalue weighted by molar-refractivity contribution is -0.145. The topological polar surface area (TPSA) is 66.4 Å². The molecule has 16 heavy (non-hydrogen) atoms. The van der Waals surface area contributed by atoms with Crippen LogP contribution in [0, 0.1) is 11.7 Å². The quantitative estimate of drug-likeness (QED) is 0.727. The first-order chi connectivity index (χ1) is 7.59. The van der Waals surface area contributed by atoms with E-state index in [0.717, 1.165) is 0 Å². The minimum Gasteiger partial charge on any atom is -0.481 e. The van der Waals surface area contributed by atoms with Gasteiger partial charge in [0.15, 0.2) is 0 Å². The zero-order valence-electron chi connectivity index (χ0n) is 8.31. The summed E-state index contributed by atoms with van der Waals surface area (Å²) in [5, 5.41) is 11.4. The van der Waals surface area contributed by atoms with Gasteiger partial charge in [-0.1, -0.05) is 12.1 Å². The van der Waals surface area contributed by atoms with E-state index in [-0.39, 0.29) is 6.54 Å². The maximum absolute atomic E-state index is 13.0. The van der Waals surface area contributed by atoms with E-state index in [4.69, 9.17) is 5.11 Å². The van der Waals surface area contributed by atoms with Crippen molar-refractivity contribution in [1.29, 1.82) is 0 Å². The van der Waals surface area contributed by atoms with Gasteiger partial charge in [0.25, 0.3) is 0 Å². The Hall–Kier alpha value is -1.91. The van der Waals surface area contributed by atoms with Gasteiger partial charge in [-0.15, -0.1) is 0 Å². The van der Waals surface area contributed by atoms with Crippen LogP contribution in [0.3, 0.4) is 0 Å². The van der Waals surface area contributed by atoms with E-state index in [9.17, 15) is 14.0 Å². The van der Waals surface area contributed by atoms with Gasteiger partial charge >= 0.3 is 5.97 Å². The SMILES string of the molecule is O=C(O)[C@H]1C(=O)NC[C@@H]1c1cccc(F)c1. The molecule has 1 aliphatic rings. The molecule has 1 aromatic carbocycles. The molecule has 0 bridgehead atoms. The number of carbonyl (C=O) groups is 2. The summed E-state index contributed by atoms with van der Waals surface area (Å²) >= 11 is 0. The Kier molecular flexibility index (Phi) is 2.60. The number of aliphatic carboxylic acids is 1. The van der Waals surface area contributed by atoms with Crippen LogP contribution < -0.4 is 5.32 Å². The molecule has 2 atom stereocenters. The van der Waals surface area contributed by atoms with Crippen LogP contribution >= 0.6 is 0 Å². The normalized spacial score (nSPS) is 24.2. The Morgan fingerprint density at radius 1 is 1.50 bits per heavy atom. The smallest absolute Gasteiger partial charge is 0.316 e. The molecule has 1 heterocycles. The first-order valence-electron chi connectivity index (χ1n) is 4.85. The van der Waals surface area contributed by atoms with E-state index < -0.39 is 29.5 Å². The van der Waals surface area contributed by atoms with Gasteiger partial charge < -0.3 is 10.4 Å². The van der Waals surface area contributed by atoms with Crippen LogP contribution in [0.15, 0.2) is 24.3 Å². The van der Waals surface area contributed by atoms with Crippen molar-refractivity contribution in [3.8, 4) is 0 Å². The summed E-state index contributed by atoms with van der Waals surface area (Å²) in [6.45, 7) is 0.235. The van der Waals surface area contributed by atoms with Crippen molar-refractivity contribution < 1.29 is 19.1 Å².